The van der Waals surface area contributed by atoms with Gasteiger partial charge in [-0.1, -0.05) is 0 Å². The molecule has 0 aliphatic carbocycles. The maximum atomic E-state index is 12.7. The Balaban J connectivity index is 2.08. The minimum absolute atomic E-state index is 0.0192. The van der Waals surface area contributed by atoms with Crippen LogP contribution in [-0.4, -0.2) is 32.6 Å². The van der Waals surface area contributed by atoms with Crippen LogP contribution in [0.3, 0.4) is 0 Å². The molecule has 142 valence electrons. The first-order valence-electron chi connectivity index (χ1n) is 7.94. The minimum Gasteiger partial charge on any atom is -0.502 e. The van der Waals surface area contributed by atoms with Crippen LogP contribution in [0.4, 0.5) is 5.69 Å². The molecule has 0 saturated carbocycles. The van der Waals surface area contributed by atoms with Crippen molar-refractivity contribution in [1.82, 2.24) is 4.57 Å². The molecule has 28 heavy (non-hydrogen) atoms. The fourth-order valence-electron chi connectivity index (χ4n) is 2.65. The van der Waals surface area contributed by atoms with Gasteiger partial charge in [-0.3, -0.25) is 24.3 Å². The number of carbonyl (C=O) groups excluding carboxylic acids is 1. The van der Waals surface area contributed by atoms with Gasteiger partial charge < -0.3 is 14.9 Å². The number of carbonyl (C=O) groups is 1. The Morgan fingerprint density at radius 3 is 2.36 bits per heavy atom. The Kier molecular flexibility index (Phi) is 4.82. The summed E-state index contributed by atoms with van der Waals surface area (Å²) in [6.45, 7) is 0. The number of pyridine rings is 1. The van der Waals surface area contributed by atoms with Crippen LogP contribution in [0.25, 0.3) is 5.69 Å². The van der Waals surface area contributed by atoms with E-state index in [0.717, 1.165) is 12.1 Å². The molecule has 0 saturated heterocycles. The van der Waals surface area contributed by atoms with Gasteiger partial charge in [0.05, 0.1) is 17.6 Å². The molecule has 3 rings (SSSR count). The lowest BCUT2D eigenvalue weighted by molar-refractivity contribution is -0.386. The second kappa shape index (κ2) is 7.23. The Labute approximate surface area is 157 Å². The molecule has 1 heterocycles. The lowest BCUT2D eigenvalue weighted by atomic mass is 10.0. The van der Waals surface area contributed by atoms with Gasteiger partial charge >= 0.3 is 5.69 Å². The van der Waals surface area contributed by atoms with Gasteiger partial charge in [-0.15, -0.1) is 0 Å². The summed E-state index contributed by atoms with van der Waals surface area (Å²) in [4.78, 5) is 35.0. The second-order valence-electron chi connectivity index (χ2n) is 5.74. The zero-order chi connectivity index (χ0) is 20.4. The Hall–Kier alpha value is -4.14. The van der Waals surface area contributed by atoms with Gasteiger partial charge in [-0.05, 0) is 42.5 Å². The van der Waals surface area contributed by atoms with Crippen LogP contribution in [0, 0.1) is 10.1 Å². The lowest BCUT2D eigenvalue weighted by Gasteiger charge is -2.10. The average Bonchev–Trinajstić information content (AvgIpc) is 2.68. The van der Waals surface area contributed by atoms with Crippen LogP contribution in [0.1, 0.15) is 15.9 Å². The van der Waals surface area contributed by atoms with E-state index in [4.69, 9.17) is 4.74 Å². The molecule has 2 aromatic carbocycles. The van der Waals surface area contributed by atoms with Crippen molar-refractivity contribution in [2.75, 3.05) is 7.11 Å². The first kappa shape index (κ1) is 18.6. The molecule has 0 bridgehead atoms. The maximum Gasteiger partial charge on any atom is 0.352 e. The summed E-state index contributed by atoms with van der Waals surface area (Å²) in [5.74, 6) is -1.87. The maximum absolute atomic E-state index is 12.7. The summed E-state index contributed by atoms with van der Waals surface area (Å²) in [7, 11) is 1.50. The van der Waals surface area contributed by atoms with E-state index in [1.807, 2.05) is 0 Å². The molecule has 0 aliphatic rings. The Bertz CT molecular complexity index is 1130. The molecule has 0 fully saturated rings. The van der Waals surface area contributed by atoms with Crippen molar-refractivity contribution in [3.8, 4) is 22.9 Å². The highest BCUT2D eigenvalue weighted by Crippen LogP contribution is 2.38. The summed E-state index contributed by atoms with van der Waals surface area (Å²) in [6.07, 6.45) is 1.27. The summed E-state index contributed by atoms with van der Waals surface area (Å²) >= 11 is 0. The molecule has 0 atom stereocenters. The molecule has 0 aliphatic heterocycles. The fourth-order valence-corrected chi connectivity index (χ4v) is 2.65. The predicted octanol–water partition coefficient (Wildman–Crippen LogP) is 2.40. The second-order valence-corrected chi connectivity index (χ2v) is 5.74. The predicted molar refractivity (Wildman–Crippen MR) is 98.4 cm³/mol. The first-order chi connectivity index (χ1) is 13.3. The number of hydrogen-bond acceptors (Lipinski definition) is 7. The van der Waals surface area contributed by atoms with Crippen molar-refractivity contribution in [2.45, 2.75) is 0 Å². The van der Waals surface area contributed by atoms with Gasteiger partial charge in [-0.25, -0.2) is 0 Å². The van der Waals surface area contributed by atoms with Gasteiger partial charge in [0.15, 0.2) is 11.5 Å². The van der Waals surface area contributed by atoms with E-state index in [-0.39, 0.29) is 11.1 Å². The van der Waals surface area contributed by atoms with E-state index in [1.165, 1.54) is 30.0 Å². The van der Waals surface area contributed by atoms with Crippen LogP contribution in [-0.2, 0) is 0 Å². The van der Waals surface area contributed by atoms with Gasteiger partial charge in [0.2, 0.25) is 5.75 Å². The highest BCUT2D eigenvalue weighted by molar-refractivity contribution is 6.11. The van der Waals surface area contributed by atoms with Gasteiger partial charge in [-0.2, -0.15) is 0 Å². The van der Waals surface area contributed by atoms with Crippen LogP contribution in [0.5, 0.6) is 17.2 Å². The zero-order valence-electron chi connectivity index (χ0n) is 14.5. The van der Waals surface area contributed by atoms with Crippen molar-refractivity contribution in [1.29, 1.82) is 0 Å². The molecule has 9 nitrogen and oxygen atoms in total. The molecule has 2 N–H and O–H groups in total. The molecular formula is C19H14N2O7. The number of nitrogens with zero attached hydrogens (tertiary/aromatic N) is 2. The fraction of sp³-hybridized carbons (Fsp3) is 0.0526. The largest absolute Gasteiger partial charge is 0.502 e. The van der Waals surface area contributed by atoms with Gasteiger partial charge in [0.1, 0.15) is 5.75 Å². The molecule has 0 unspecified atom stereocenters. The van der Waals surface area contributed by atoms with E-state index in [0.29, 0.717) is 11.4 Å². The van der Waals surface area contributed by atoms with Crippen molar-refractivity contribution >= 4 is 11.5 Å². The van der Waals surface area contributed by atoms with E-state index < -0.39 is 33.5 Å². The molecular weight excluding hydrogens is 368 g/mol. The number of rotatable bonds is 5. The number of nitro benzene ring substituents is 1. The Morgan fingerprint density at radius 2 is 1.75 bits per heavy atom. The van der Waals surface area contributed by atoms with E-state index in [2.05, 4.69) is 0 Å². The third-order valence-corrected chi connectivity index (χ3v) is 4.08. The van der Waals surface area contributed by atoms with Crippen LogP contribution in [0.2, 0.25) is 0 Å². The summed E-state index contributed by atoms with van der Waals surface area (Å²) < 4.78 is 6.28. The monoisotopic (exact) mass is 382 g/mol. The SMILES string of the molecule is COc1ccc(-n2cc(C(=O)c3ccc(O)c([N+](=O)[O-])c3O)ccc2=O)cc1. The molecule has 1 aromatic heterocycles. The number of phenols is 2. The van der Waals surface area contributed by atoms with Crippen molar-refractivity contribution in [3.05, 3.63) is 86.3 Å². The number of ether oxygens (including phenoxy) is 1. The number of aromatic hydroxyl groups is 2. The van der Waals surface area contributed by atoms with Crippen LogP contribution < -0.4 is 10.3 Å². The van der Waals surface area contributed by atoms with Crippen LogP contribution >= 0.6 is 0 Å². The van der Waals surface area contributed by atoms with Crippen molar-refractivity contribution in [3.63, 3.8) is 0 Å². The lowest BCUT2D eigenvalue weighted by Crippen LogP contribution is -2.18. The topological polar surface area (TPSA) is 132 Å². The highest BCUT2D eigenvalue weighted by Gasteiger charge is 2.26. The molecule has 0 spiro atoms. The number of hydrogen-bond donors (Lipinski definition) is 2. The standard InChI is InChI=1S/C19H14N2O7/c1-28-13-5-3-12(4-6-13)20-10-11(2-9-16(20)23)18(24)14-7-8-15(22)17(19(14)25)21(26)27/h2-10,22,25H,1H3. The van der Waals surface area contributed by atoms with Crippen molar-refractivity contribution < 1.29 is 24.7 Å². The number of benzene rings is 2. The van der Waals surface area contributed by atoms with Crippen LogP contribution in [0.15, 0.2) is 59.5 Å². The molecule has 0 amide bonds. The van der Waals surface area contributed by atoms with E-state index in [1.54, 1.807) is 24.3 Å². The average molecular weight is 382 g/mol. The number of aromatic nitrogens is 1. The Morgan fingerprint density at radius 1 is 1.07 bits per heavy atom. The molecule has 9 heteroatoms. The number of methoxy groups -OCH3 is 1. The van der Waals surface area contributed by atoms with E-state index >= 15 is 0 Å². The minimum atomic E-state index is -0.986. The first-order valence-corrected chi connectivity index (χ1v) is 7.94. The third kappa shape index (κ3) is 3.28. The van der Waals surface area contributed by atoms with Crippen molar-refractivity contribution in [2.24, 2.45) is 0 Å². The molecule has 0 radical (unpaired) electrons. The summed E-state index contributed by atoms with van der Waals surface area (Å²) in [5.41, 5.74) is -1.24. The number of nitro groups is 1. The van der Waals surface area contributed by atoms with Gasteiger partial charge in [0, 0.05) is 23.5 Å². The zero-order valence-corrected chi connectivity index (χ0v) is 14.5. The summed E-state index contributed by atoms with van der Waals surface area (Å²) in [5, 5.41) is 30.6. The highest BCUT2D eigenvalue weighted by atomic mass is 16.6. The third-order valence-electron chi connectivity index (χ3n) is 4.08. The molecule has 3 aromatic rings. The summed E-state index contributed by atoms with van der Waals surface area (Å²) in [6, 6.07) is 11.0. The smallest absolute Gasteiger partial charge is 0.352 e. The number of phenolic OH excluding ortho intramolecular Hbond substituents is 2. The normalized spacial score (nSPS) is 10.5. The quantitative estimate of drug-likeness (QED) is 0.393. The number of ketones is 1. The van der Waals surface area contributed by atoms with Gasteiger partial charge in [0.25, 0.3) is 5.56 Å². The van der Waals surface area contributed by atoms with E-state index in [9.17, 15) is 29.9 Å².